The van der Waals surface area contributed by atoms with Gasteiger partial charge in [0.2, 0.25) is 5.91 Å². The van der Waals surface area contributed by atoms with Crippen molar-refractivity contribution in [2.75, 3.05) is 16.2 Å². The third-order valence-electron chi connectivity index (χ3n) is 5.38. The molecule has 0 aliphatic heterocycles. The number of nitrogens with zero attached hydrogens (tertiary/aromatic N) is 1. The molecule has 168 valence electrons. The molecule has 0 aromatic heterocycles. The van der Waals surface area contributed by atoms with E-state index in [0.717, 1.165) is 27.9 Å². The van der Waals surface area contributed by atoms with Gasteiger partial charge in [-0.25, -0.2) is 8.42 Å². The smallest absolute Gasteiger partial charge is 0.264 e. The van der Waals surface area contributed by atoms with Gasteiger partial charge in [-0.2, -0.15) is 0 Å². The van der Waals surface area contributed by atoms with E-state index in [0.29, 0.717) is 5.69 Å². The average molecular weight is 451 g/mol. The third-order valence-corrected chi connectivity index (χ3v) is 7.17. The van der Waals surface area contributed by atoms with E-state index in [9.17, 15) is 13.2 Å². The first-order chi connectivity index (χ1) is 15.1. The quantitative estimate of drug-likeness (QED) is 0.512. The number of benzene rings is 3. The summed E-state index contributed by atoms with van der Waals surface area (Å²) in [6, 6.07) is 19.7. The first-order valence-corrected chi connectivity index (χ1v) is 12.1. The van der Waals surface area contributed by atoms with Gasteiger partial charge in [0.15, 0.2) is 0 Å². The Kier molecular flexibility index (Phi) is 7.04. The molecule has 32 heavy (non-hydrogen) atoms. The minimum Gasteiger partial charge on any atom is -0.324 e. The highest BCUT2D eigenvalue weighted by Crippen LogP contribution is 2.29. The second-order valence-corrected chi connectivity index (χ2v) is 10.3. The van der Waals surface area contributed by atoms with Crippen LogP contribution >= 0.6 is 0 Å². The Labute approximate surface area is 191 Å². The Morgan fingerprint density at radius 2 is 1.56 bits per heavy atom. The van der Waals surface area contributed by atoms with Crippen LogP contribution < -0.4 is 9.62 Å². The highest BCUT2D eigenvalue weighted by molar-refractivity contribution is 7.92. The van der Waals surface area contributed by atoms with Crippen molar-refractivity contribution in [3.05, 3.63) is 89.0 Å². The van der Waals surface area contributed by atoms with Gasteiger partial charge in [-0.05, 0) is 67.6 Å². The Balaban J connectivity index is 1.99. The van der Waals surface area contributed by atoms with Crippen LogP contribution in [0.1, 0.15) is 42.0 Å². The SMILES string of the molecule is Cc1ccc(S(=O)(=O)N(CC(=O)Nc2c(C)cccc2C(C)C)c2cccc(C)c2)cc1. The molecule has 0 fully saturated rings. The topological polar surface area (TPSA) is 66.5 Å². The fraction of sp³-hybridized carbons (Fsp3) is 0.269. The Hall–Kier alpha value is -3.12. The van der Waals surface area contributed by atoms with Crippen molar-refractivity contribution in [2.24, 2.45) is 0 Å². The Morgan fingerprint density at radius 1 is 0.906 bits per heavy atom. The van der Waals surface area contributed by atoms with Crippen LogP contribution in [0.4, 0.5) is 11.4 Å². The molecule has 5 nitrogen and oxygen atoms in total. The molecule has 0 saturated heterocycles. The van der Waals surface area contributed by atoms with E-state index in [-0.39, 0.29) is 17.4 Å². The Bertz CT molecular complexity index is 1220. The van der Waals surface area contributed by atoms with Crippen molar-refractivity contribution in [2.45, 2.75) is 45.4 Å². The minimum atomic E-state index is -3.94. The number of rotatable bonds is 7. The van der Waals surface area contributed by atoms with Gasteiger partial charge in [-0.3, -0.25) is 9.10 Å². The molecule has 3 rings (SSSR count). The molecule has 1 N–H and O–H groups in total. The maximum absolute atomic E-state index is 13.5. The Morgan fingerprint density at radius 3 is 2.19 bits per heavy atom. The van der Waals surface area contributed by atoms with Crippen molar-refractivity contribution < 1.29 is 13.2 Å². The van der Waals surface area contributed by atoms with Crippen LogP contribution in [0.2, 0.25) is 0 Å². The summed E-state index contributed by atoms with van der Waals surface area (Å²) in [5.41, 5.74) is 5.02. The van der Waals surface area contributed by atoms with Crippen LogP contribution in [0.5, 0.6) is 0 Å². The predicted octanol–water partition coefficient (Wildman–Crippen LogP) is 5.57. The number of hydrogen-bond acceptors (Lipinski definition) is 3. The molecule has 3 aromatic rings. The van der Waals surface area contributed by atoms with E-state index in [1.165, 1.54) is 4.31 Å². The number of anilines is 2. The number of carbonyl (C=O) groups excluding carboxylic acids is 1. The average Bonchev–Trinajstić information content (AvgIpc) is 2.73. The van der Waals surface area contributed by atoms with Crippen molar-refractivity contribution in [3.8, 4) is 0 Å². The summed E-state index contributed by atoms with van der Waals surface area (Å²) < 4.78 is 28.2. The fourth-order valence-corrected chi connectivity index (χ4v) is 5.00. The molecular formula is C26H30N2O3S. The van der Waals surface area contributed by atoms with Crippen molar-refractivity contribution in [3.63, 3.8) is 0 Å². The van der Waals surface area contributed by atoms with Crippen LogP contribution in [-0.2, 0) is 14.8 Å². The number of amides is 1. The second-order valence-electron chi connectivity index (χ2n) is 8.41. The zero-order valence-corrected chi connectivity index (χ0v) is 20.0. The van der Waals surface area contributed by atoms with Gasteiger partial charge in [-0.15, -0.1) is 0 Å². The number of carbonyl (C=O) groups is 1. The van der Waals surface area contributed by atoms with Gasteiger partial charge < -0.3 is 5.32 Å². The summed E-state index contributed by atoms with van der Waals surface area (Å²) in [5, 5.41) is 2.96. The lowest BCUT2D eigenvalue weighted by Crippen LogP contribution is -2.38. The van der Waals surface area contributed by atoms with E-state index >= 15 is 0 Å². The monoisotopic (exact) mass is 450 g/mol. The lowest BCUT2D eigenvalue weighted by atomic mass is 9.98. The molecule has 0 radical (unpaired) electrons. The number of sulfonamides is 1. The summed E-state index contributed by atoms with van der Waals surface area (Å²) in [4.78, 5) is 13.3. The normalized spacial score (nSPS) is 11.4. The van der Waals surface area contributed by atoms with Crippen LogP contribution in [0.3, 0.4) is 0 Å². The lowest BCUT2D eigenvalue weighted by Gasteiger charge is -2.25. The van der Waals surface area contributed by atoms with Crippen molar-refractivity contribution in [1.29, 1.82) is 0 Å². The number of hydrogen-bond donors (Lipinski definition) is 1. The largest absolute Gasteiger partial charge is 0.324 e. The molecule has 0 saturated carbocycles. The van der Waals surface area contributed by atoms with Crippen molar-refractivity contribution >= 4 is 27.3 Å². The summed E-state index contributed by atoms with van der Waals surface area (Å²) in [6.07, 6.45) is 0. The third kappa shape index (κ3) is 5.19. The highest BCUT2D eigenvalue weighted by Gasteiger charge is 2.27. The first kappa shape index (κ1) is 23.5. The number of nitrogens with one attached hydrogen (secondary N) is 1. The maximum atomic E-state index is 13.5. The summed E-state index contributed by atoms with van der Waals surface area (Å²) in [6.45, 7) is 9.52. The summed E-state index contributed by atoms with van der Waals surface area (Å²) >= 11 is 0. The first-order valence-electron chi connectivity index (χ1n) is 10.6. The van der Waals surface area contributed by atoms with Crippen LogP contribution in [0, 0.1) is 20.8 Å². The van der Waals surface area contributed by atoms with Crippen LogP contribution in [-0.4, -0.2) is 20.9 Å². The number of aryl methyl sites for hydroxylation is 3. The zero-order chi connectivity index (χ0) is 23.5. The highest BCUT2D eigenvalue weighted by atomic mass is 32.2. The van der Waals surface area contributed by atoms with Gasteiger partial charge in [0.05, 0.1) is 10.6 Å². The predicted molar refractivity (Wildman–Crippen MR) is 131 cm³/mol. The number of para-hydroxylation sites is 1. The molecule has 0 bridgehead atoms. The minimum absolute atomic E-state index is 0.149. The molecule has 6 heteroatoms. The summed E-state index contributed by atoms with van der Waals surface area (Å²) in [7, 11) is -3.94. The second kappa shape index (κ2) is 9.57. The molecular weight excluding hydrogens is 420 g/mol. The van der Waals surface area contributed by atoms with Gasteiger partial charge in [0.1, 0.15) is 6.54 Å². The van der Waals surface area contributed by atoms with Gasteiger partial charge >= 0.3 is 0 Å². The molecule has 0 spiro atoms. The molecule has 0 heterocycles. The van der Waals surface area contributed by atoms with E-state index in [1.807, 2.05) is 45.0 Å². The summed E-state index contributed by atoms with van der Waals surface area (Å²) in [5.74, 6) is -0.173. The molecule has 0 aliphatic rings. The fourth-order valence-electron chi connectivity index (χ4n) is 3.59. The molecule has 3 aromatic carbocycles. The zero-order valence-electron chi connectivity index (χ0n) is 19.2. The lowest BCUT2D eigenvalue weighted by molar-refractivity contribution is -0.114. The maximum Gasteiger partial charge on any atom is 0.264 e. The van der Waals surface area contributed by atoms with E-state index in [4.69, 9.17) is 0 Å². The molecule has 1 amide bonds. The van der Waals surface area contributed by atoms with Gasteiger partial charge in [0.25, 0.3) is 10.0 Å². The van der Waals surface area contributed by atoms with E-state index in [2.05, 4.69) is 19.2 Å². The van der Waals surface area contributed by atoms with E-state index in [1.54, 1.807) is 42.5 Å². The molecule has 0 unspecified atom stereocenters. The molecule has 0 aliphatic carbocycles. The van der Waals surface area contributed by atoms with E-state index < -0.39 is 15.9 Å². The van der Waals surface area contributed by atoms with Crippen LogP contribution in [0.25, 0.3) is 0 Å². The van der Waals surface area contributed by atoms with Gasteiger partial charge in [-0.1, -0.05) is 61.9 Å². The van der Waals surface area contributed by atoms with Crippen LogP contribution in [0.15, 0.2) is 71.6 Å². The van der Waals surface area contributed by atoms with Gasteiger partial charge in [0, 0.05) is 5.69 Å². The standard InChI is InChI=1S/C26H30N2O3S/c1-18(2)24-11-7-9-21(5)26(24)27-25(29)17-28(22-10-6-8-20(4)16-22)32(30,31)23-14-12-19(3)13-15-23/h6-16,18H,17H2,1-5H3,(H,27,29). The molecule has 0 atom stereocenters. The van der Waals surface area contributed by atoms with Crippen molar-refractivity contribution in [1.82, 2.24) is 0 Å².